The molecule has 2 aliphatic carbocycles. The molecule has 2 saturated carbocycles. The molecule has 1 heteroatoms. The highest BCUT2D eigenvalue weighted by Gasteiger charge is 2.41. The first-order chi connectivity index (χ1) is 6.33. The second kappa shape index (κ2) is 4.25. The van der Waals surface area contributed by atoms with Crippen LogP contribution < -0.4 is 0 Å². The third kappa shape index (κ3) is 1.91. The van der Waals surface area contributed by atoms with E-state index in [1.807, 2.05) is 0 Å². The Morgan fingerprint density at radius 3 is 2.69 bits per heavy atom. The molecule has 76 valence electrons. The SMILES string of the molecule is CCSC1CC2CCCCC2C1C. The summed E-state index contributed by atoms with van der Waals surface area (Å²) in [7, 11) is 0. The Balaban J connectivity index is 1.96. The molecule has 0 aromatic carbocycles. The van der Waals surface area contributed by atoms with Gasteiger partial charge >= 0.3 is 0 Å². The Morgan fingerprint density at radius 1 is 1.23 bits per heavy atom. The Labute approximate surface area is 86.9 Å². The smallest absolute Gasteiger partial charge is 0.00780 e. The van der Waals surface area contributed by atoms with Gasteiger partial charge in [0.1, 0.15) is 0 Å². The largest absolute Gasteiger partial charge is 0.159 e. The number of hydrogen-bond donors (Lipinski definition) is 0. The molecule has 13 heavy (non-hydrogen) atoms. The molecular formula is C12H22S. The molecule has 0 spiro atoms. The third-order valence-electron chi connectivity index (χ3n) is 4.15. The van der Waals surface area contributed by atoms with Crippen molar-refractivity contribution in [3.8, 4) is 0 Å². The first-order valence-corrected chi connectivity index (χ1v) is 6.99. The van der Waals surface area contributed by atoms with Gasteiger partial charge in [-0.25, -0.2) is 0 Å². The fourth-order valence-electron chi connectivity index (χ4n) is 3.44. The lowest BCUT2D eigenvalue weighted by Gasteiger charge is -2.27. The Kier molecular flexibility index (Phi) is 3.23. The van der Waals surface area contributed by atoms with Crippen molar-refractivity contribution >= 4 is 11.8 Å². The van der Waals surface area contributed by atoms with Crippen molar-refractivity contribution in [2.45, 2.75) is 51.2 Å². The van der Waals surface area contributed by atoms with Crippen LogP contribution in [0, 0.1) is 17.8 Å². The summed E-state index contributed by atoms with van der Waals surface area (Å²) in [5.74, 6) is 4.52. The second-order valence-corrected chi connectivity index (χ2v) is 6.31. The zero-order chi connectivity index (χ0) is 9.26. The summed E-state index contributed by atoms with van der Waals surface area (Å²) < 4.78 is 0. The molecule has 0 heterocycles. The molecule has 0 radical (unpaired) electrons. The van der Waals surface area contributed by atoms with E-state index in [9.17, 15) is 0 Å². The predicted molar refractivity (Wildman–Crippen MR) is 61.1 cm³/mol. The molecule has 2 rings (SSSR count). The van der Waals surface area contributed by atoms with E-state index in [4.69, 9.17) is 0 Å². The van der Waals surface area contributed by atoms with E-state index in [1.165, 1.54) is 37.9 Å². The average Bonchev–Trinajstić information content (AvgIpc) is 2.46. The summed E-state index contributed by atoms with van der Waals surface area (Å²) in [6.07, 6.45) is 7.62. The summed E-state index contributed by atoms with van der Waals surface area (Å²) in [6.45, 7) is 4.81. The minimum atomic E-state index is 0.998. The Hall–Kier alpha value is 0.350. The van der Waals surface area contributed by atoms with Gasteiger partial charge in [-0.05, 0) is 36.3 Å². The molecule has 0 N–H and O–H groups in total. The monoisotopic (exact) mass is 198 g/mol. The topological polar surface area (TPSA) is 0 Å². The van der Waals surface area contributed by atoms with E-state index >= 15 is 0 Å². The maximum Gasteiger partial charge on any atom is 0.00780 e. The highest BCUT2D eigenvalue weighted by Crippen LogP contribution is 2.49. The fraction of sp³-hybridized carbons (Fsp3) is 1.00. The molecule has 2 fully saturated rings. The van der Waals surface area contributed by atoms with E-state index < -0.39 is 0 Å². The minimum Gasteiger partial charge on any atom is -0.159 e. The summed E-state index contributed by atoms with van der Waals surface area (Å²) in [5.41, 5.74) is 0. The van der Waals surface area contributed by atoms with Crippen LogP contribution in [0.3, 0.4) is 0 Å². The summed E-state index contributed by atoms with van der Waals surface area (Å²) in [4.78, 5) is 0. The second-order valence-electron chi connectivity index (χ2n) is 4.80. The van der Waals surface area contributed by atoms with Crippen molar-refractivity contribution in [2.24, 2.45) is 17.8 Å². The number of rotatable bonds is 2. The van der Waals surface area contributed by atoms with Gasteiger partial charge < -0.3 is 0 Å². The van der Waals surface area contributed by atoms with E-state index in [-0.39, 0.29) is 0 Å². The highest BCUT2D eigenvalue weighted by atomic mass is 32.2. The number of fused-ring (bicyclic) bond motifs is 1. The quantitative estimate of drug-likeness (QED) is 0.647. The van der Waals surface area contributed by atoms with Crippen molar-refractivity contribution in [3.05, 3.63) is 0 Å². The van der Waals surface area contributed by atoms with E-state index in [0.29, 0.717) is 0 Å². The van der Waals surface area contributed by atoms with Gasteiger partial charge in [0.15, 0.2) is 0 Å². The Morgan fingerprint density at radius 2 is 2.00 bits per heavy atom. The molecule has 2 aliphatic rings. The van der Waals surface area contributed by atoms with Crippen LogP contribution in [0.1, 0.15) is 46.0 Å². The molecule has 0 bridgehead atoms. The van der Waals surface area contributed by atoms with Gasteiger partial charge in [-0.1, -0.05) is 33.1 Å². The summed E-state index contributed by atoms with van der Waals surface area (Å²) >= 11 is 2.21. The van der Waals surface area contributed by atoms with Gasteiger partial charge in [-0.2, -0.15) is 11.8 Å². The number of hydrogen-bond acceptors (Lipinski definition) is 1. The molecule has 0 nitrogen and oxygen atoms in total. The van der Waals surface area contributed by atoms with Crippen molar-refractivity contribution in [3.63, 3.8) is 0 Å². The maximum atomic E-state index is 2.50. The normalized spacial score (nSPS) is 44.8. The van der Waals surface area contributed by atoms with Gasteiger partial charge in [-0.3, -0.25) is 0 Å². The fourth-order valence-corrected chi connectivity index (χ4v) is 4.76. The van der Waals surface area contributed by atoms with Gasteiger partial charge in [0.05, 0.1) is 0 Å². The van der Waals surface area contributed by atoms with Crippen LogP contribution in [0.2, 0.25) is 0 Å². The molecule has 0 aliphatic heterocycles. The molecule has 0 aromatic heterocycles. The van der Waals surface area contributed by atoms with Crippen LogP contribution in [0.4, 0.5) is 0 Å². The van der Waals surface area contributed by atoms with Crippen LogP contribution in [0.25, 0.3) is 0 Å². The van der Waals surface area contributed by atoms with Gasteiger partial charge in [0.25, 0.3) is 0 Å². The lowest BCUT2D eigenvalue weighted by Crippen LogP contribution is -2.18. The lowest BCUT2D eigenvalue weighted by atomic mass is 9.79. The summed E-state index contributed by atoms with van der Waals surface area (Å²) in [6, 6.07) is 0. The van der Waals surface area contributed by atoms with Crippen molar-refractivity contribution in [2.75, 3.05) is 5.75 Å². The van der Waals surface area contributed by atoms with Crippen molar-refractivity contribution in [1.29, 1.82) is 0 Å². The summed E-state index contributed by atoms with van der Waals surface area (Å²) in [5, 5.41) is 0.998. The maximum absolute atomic E-state index is 2.50. The molecular weight excluding hydrogens is 176 g/mol. The van der Waals surface area contributed by atoms with E-state index in [0.717, 1.165) is 23.0 Å². The Bertz CT molecular complexity index is 167. The lowest BCUT2D eigenvalue weighted by molar-refractivity contribution is 0.238. The number of thioether (sulfide) groups is 1. The van der Waals surface area contributed by atoms with Crippen molar-refractivity contribution in [1.82, 2.24) is 0 Å². The first kappa shape index (κ1) is 9.89. The zero-order valence-electron chi connectivity index (χ0n) is 8.96. The molecule has 0 saturated heterocycles. The molecule has 0 aromatic rings. The predicted octanol–water partition coefficient (Wildman–Crippen LogP) is 3.95. The molecule has 4 unspecified atom stereocenters. The zero-order valence-corrected chi connectivity index (χ0v) is 9.78. The van der Waals surface area contributed by atoms with Gasteiger partial charge in [0, 0.05) is 5.25 Å². The van der Waals surface area contributed by atoms with Crippen LogP contribution >= 0.6 is 11.8 Å². The van der Waals surface area contributed by atoms with Crippen LogP contribution in [-0.4, -0.2) is 11.0 Å². The minimum absolute atomic E-state index is 0.998. The van der Waals surface area contributed by atoms with Gasteiger partial charge in [-0.15, -0.1) is 0 Å². The van der Waals surface area contributed by atoms with E-state index in [2.05, 4.69) is 25.6 Å². The van der Waals surface area contributed by atoms with E-state index in [1.54, 1.807) is 0 Å². The average molecular weight is 198 g/mol. The molecule has 0 amide bonds. The van der Waals surface area contributed by atoms with Gasteiger partial charge in [0.2, 0.25) is 0 Å². The first-order valence-electron chi connectivity index (χ1n) is 5.94. The van der Waals surface area contributed by atoms with Crippen LogP contribution in [0.5, 0.6) is 0 Å². The molecule has 4 atom stereocenters. The van der Waals surface area contributed by atoms with Crippen LogP contribution in [0.15, 0.2) is 0 Å². The third-order valence-corrected chi connectivity index (χ3v) is 5.53. The van der Waals surface area contributed by atoms with Crippen molar-refractivity contribution < 1.29 is 0 Å². The van der Waals surface area contributed by atoms with Crippen LogP contribution in [-0.2, 0) is 0 Å². The standard InChI is InChI=1S/C12H22S/c1-3-13-12-8-10-6-4-5-7-11(10)9(12)2/h9-12H,3-8H2,1-2H3. The highest BCUT2D eigenvalue weighted by molar-refractivity contribution is 7.99.